The van der Waals surface area contributed by atoms with Crippen LogP contribution in [-0.4, -0.2) is 28.6 Å². The lowest BCUT2D eigenvalue weighted by atomic mass is 10.1. The summed E-state index contributed by atoms with van der Waals surface area (Å²) >= 11 is 3.51. The van der Waals surface area contributed by atoms with Crippen molar-refractivity contribution in [2.24, 2.45) is 0 Å². The molecule has 1 amide bonds. The van der Waals surface area contributed by atoms with Crippen molar-refractivity contribution in [2.45, 2.75) is 44.8 Å². The minimum Gasteiger partial charge on any atom is -0.444 e. The quantitative estimate of drug-likeness (QED) is 0.832. The van der Waals surface area contributed by atoms with E-state index in [9.17, 15) is 4.79 Å². The van der Waals surface area contributed by atoms with E-state index in [2.05, 4.69) is 20.9 Å². The predicted molar refractivity (Wildman–Crippen MR) is 76.8 cm³/mol. The molecular formula is C14H19BrN2O2. The van der Waals surface area contributed by atoms with Gasteiger partial charge in [-0.05, 0) is 61.7 Å². The fourth-order valence-electron chi connectivity index (χ4n) is 2.08. The van der Waals surface area contributed by atoms with E-state index < -0.39 is 5.60 Å². The first-order valence-electron chi connectivity index (χ1n) is 6.34. The van der Waals surface area contributed by atoms with Crippen LogP contribution < -0.4 is 0 Å². The molecule has 0 aliphatic heterocycles. The Morgan fingerprint density at radius 3 is 2.58 bits per heavy atom. The van der Waals surface area contributed by atoms with E-state index in [1.807, 2.05) is 32.9 Å². The average Bonchev–Trinajstić information content (AvgIpc) is 3.07. The van der Waals surface area contributed by atoms with E-state index in [-0.39, 0.29) is 11.6 Å². The van der Waals surface area contributed by atoms with Gasteiger partial charge in [-0.15, -0.1) is 0 Å². The van der Waals surface area contributed by atoms with Gasteiger partial charge in [0.15, 0.2) is 0 Å². The zero-order valence-corrected chi connectivity index (χ0v) is 13.3. The molecule has 0 atom stereocenters. The predicted octanol–water partition coefficient (Wildman–Crippen LogP) is 3.70. The van der Waals surface area contributed by atoms with Gasteiger partial charge in [-0.1, -0.05) is 0 Å². The van der Waals surface area contributed by atoms with E-state index >= 15 is 0 Å². The summed E-state index contributed by atoms with van der Waals surface area (Å²) in [5.41, 5.74) is 0.105. The maximum absolute atomic E-state index is 12.2. The number of halogens is 1. The van der Waals surface area contributed by atoms with Crippen molar-refractivity contribution >= 4 is 22.0 Å². The molecule has 1 aliphatic rings. The van der Waals surface area contributed by atoms with Crippen molar-refractivity contribution in [3.63, 3.8) is 0 Å². The maximum Gasteiger partial charge on any atom is 0.410 e. The van der Waals surface area contributed by atoms with E-state index in [1.165, 1.54) is 0 Å². The Kier molecular flexibility index (Phi) is 3.60. The first-order valence-corrected chi connectivity index (χ1v) is 7.13. The van der Waals surface area contributed by atoms with Gasteiger partial charge in [0.05, 0.1) is 11.2 Å². The summed E-state index contributed by atoms with van der Waals surface area (Å²) in [7, 11) is 1.78. The van der Waals surface area contributed by atoms with Crippen molar-refractivity contribution in [1.29, 1.82) is 0 Å². The SMILES string of the molecule is CN(C(=O)OC(C)(C)C)C1(c2ncccc2Br)CC1. The molecular weight excluding hydrogens is 308 g/mol. The topological polar surface area (TPSA) is 42.4 Å². The number of carbonyl (C=O) groups excluding carboxylic acids is 1. The van der Waals surface area contributed by atoms with Crippen molar-refractivity contribution in [3.05, 3.63) is 28.5 Å². The number of aromatic nitrogens is 1. The van der Waals surface area contributed by atoms with E-state index in [0.717, 1.165) is 23.0 Å². The lowest BCUT2D eigenvalue weighted by molar-refractivity contribution is 0.0185. The van der Waals surface area contributed by atoms with Crippen LogP contribution in [0.15, 0.2) is 22.8 Å². The number of ether oxygens (including phenoxy) is 1. The second kappa shape index (κ2) is 4.78. The molecule has 5 heteroatoms. The van der Waals surface area contributed by atoms with Crippen molar-refractivity contribution < 1.29 is 9.53 Å². The Morgan fingerprint density at radius 2 is 2.11 bits per heavy atom. The van der Waals surface area contributed by atoms with E-state index in [0.29, 0.717) is 0 Å². The second-order valence-electron chi connectivity index (χ2n) is 5.90. The Morgan fingerprint density at radius 1 is 1.47 bits per heavy atom. The fraction of sp³-hybridized carbons (Fsp3) is 0.571. The van der Waals surface area contributed by atoms with Crippen LogP contribution in [0.5, 0.6) is 0 Å². The fourth-order valence-corrected chi connectivity index (χ4v) is 2.71. The molecule has 0 saturated heterocycles. The van der Waals surface area contributed by atoms with Crippen LogP contribution in [-0.2, 0) is 10.3 Å². The number of hydrogen-bond acceptors (Lipinski definition) is 3. The number of nitrogens with zero attached hydrogens (tertiary/aromatic N) is 2. The van der Waals surface area contributed by atoms with Crippen LogP contribution in [0.1, 0.15) is 39.3 Å². The van der Waals surface area contributed by atoms with Gasteiger partial charge in [-0.25, -0.2) is 4.79 Å². The zero-order valence-electron chi connectivity index (χ0n) is 11.7. The molecule has 0 radical (unpaired) electrons. The third-order valence-corrected chi connectivity index (χ3v) is 3.87. The molecule has 1 aliphatic carbocycles. The van der Waals surface area contributed by atoms with Crippen LogP contribution in [0, 0.1) is 0 Å². The summed E-state index contributed by atoms with van der Waals surface area (Å²) < 4.78 is 6.36. The van der Waals surface area contributed by atoms with Gasteiger partial charge in [0, 0.05) is 17.7 Å². The van der Waals surface area contributed by atoms with Crippen molar-refractivity contribution in [2.75, 3.05) is 7.05 Å². The average molecular weight is 327 g/mol. The van der Waals surface area contributed by atoms with E-state index in [4.69, 9.17) is 4.74 Å². The minimum atomic E-state index is -0.483. The Bertz CT molecular complexity index is 492. The number of hydrogen-bond donors (Lipinski definition) is 0. The van der Waals surface area contributed by atoms with Crippen LogP contribution in [0.25, 0.3) is 0 Å². The summed E-state index contributed by atoms with van der Waals surface area (Å²) in [6.45, 7) is 5.61. The Balaban J connectivity index is 2.22. The molecule has 1 saturated carbocycles. The smallest absolute Gasteiger partial charge is 0.410 e. The van der Waals surface area contributed by atoms with Crippen LogP contribution in [0.4, 0.5) is 4.79 Å². The molecule has 0 N–H and O–H groups in total. The summed E-state index contributed by atoms with van der Waals surface area (Å²) in [6.07, 6.45) is 3.28. The van der Waals surface area contributed by atoms with Gasteiger partial charge in [-0.2, -0.15) is 0 Å². The summed E-state index contributed by atoms with van der Waals surface area (Å²) in [5, 5.41) is 0. The highest BCUT2D eigenvalue weighted by Crippen LogP contribution is 2.51. The van der Waals surface area contributed by atoms with Crippen LogP contribution in [0.2, 0.25) is 0 Å². The molecule has 4 nitrogen and oxygen atoms in total. The Hall–Kier alpha value is -1.10. The lowest BCUT2D eigenvalue weighted by Gasteiger charge is -2.31. The minimum absolute atomic E-state index is 0.303. The third-order valence-electron chi connectivity index (χ3n) is 3.23. The second-order valence-corrected chi connectivity index (χ2v) is 6.76. The molecule has 2 rings (SSSR count). The normalized spacial score (nSPS) is 16.9. The highest BCUT2D eigenvalue weighted by atomic mass is 79.9. The van der Waals surface area contributed by atoms with E-state index in [1.54, 1.807) is 18.1 Å². The lowest BCUT2D eigenvalue weighted by Crippen LogP contribution is -2.41. The Labute approximate surface area is 122 Å². The van der Waals surface area contributed by atoms with Crippen LogP contribution >= 0.6 is 15.9 Å². The molecule has 1 aromatic heterocycles. The summed E-state index contributed by atoms with van der Waals surface area (Å²) in [4.78, 5) is 18.3. The summed E-state index contributed by atoms with van der Waals surface area (Å²) in [6, 6.07) is 3.82. The first-order chi connectivity index (χ1) is 8.76. The number of pyridine rings is 1. The number of rotatable bonds is 2. The van der Waals surface area contributed by atoms with Gasteiger partial charge < -0.3 is 4.74 Å². The molecule has 1 fully saturated rings. The highest BCUT2D eigenvalue weighted by molar-refractivity contribution is 9.10. The van der Waals surface area contributed by atoms with Gasteiger partial charge in [0.25, 0.3) is 0 Å². The first kappa shape index (κ1) is 14.3. The van der Waals surface area contributed by atoms with Crippen LogP contribution in [0.3, 0.4) is 0 Å². The number of amides is 1. The van der Waals surface area contributed by atoms with Gasteiger partial charge in [0.1, 0.15) is 5.60 Å². The molecule has 19 heavy (non-hydrogen) atoms. The molecule has 1 heterocycles. The van der Waals surface area contributed by atoms with Gasteiger partial charge in [0.2, 0.25) is 0 Å². The zero-order chi connectivity index (χ0) is 14.3. The molecule has 1 aromatic rings. The molecule has 0 aromatic carbocycles. The van der Waals surface area contributed by atoms with Crippen molar-refractivity contribution in [1.82, 2.24) is 9.88 Å². The molecule has 104 valence electrons. The largest absolute Gasteiger partial charge is 0.444 e. The monoisotopic (exact) mass is 326 g/mol. The number of carbonyl (C=O) groups is 1. The van der Waals surface area contributed by atoms with Gasteiger partial charge in [-0.3, -0.25) is 9.88 Å². The van der Waals surface area contributed by atoms with Gasteiger partial charge >= 0.3 is 6.09 Å². The highest BCUT2D eigenvalue weighted by Gasteiger charge is 2.53. The molecule has 0 unspecified atom stereocenters. The molecule has 0 spiro atoms. The maximum atomic E-state index is 12.2. The summed E-state index contributed by atoms with van der Waals surface area (Å²) in [5.74, 6) is 0. The third kappa shape index (κ3) is 2.91. The standard InChI is InChI=1S/C14H19BrN2O2/c1-13(2,3)19-12(18)17(4)14(7-8-14)11-10(15)6-5-9-16-11/h5-6,9H,7-8H2,1-4H3. The molecule has 0 bridgehead atoms. The van der Waals surface area contributed by atoms with Crippen molar-refractivity contribution in [3.8, 4) is 0 Å².